The van der Waals surface area contributed by atoms with E-state index in [1.807, 2.05) is 11.3 Å². The number of hydrogen-bond donors (Lipinski definition) is 1. The van der Waals surface area contributed by atoms with Gasteiger partial charge in [0.1, 0.15) is 0 Å². The summed E-state index contributed by atoms with van der Waals surface area (Å²) in [7, 11) is 0. The zero-order valence-electron chi connectivity index (χ0n) is 13.2. The van der Waals surface area contributed by atoms with Crippen LogP contribution >= 0.6 is 11.3 Å². The fourth-order valence-corrected chi connectivity index (χ4v) is 3.48. The number of nitrogens with one attached hydrogen (secondary N) is 1. The predicted molar refractivity (Wildman–Crippen MR) is 92.0 cm³/mol. The van der Waals surface area contributed by atoms with Crippen LogP contribution in [-0.4, -0.2) is 11.5 Å². The van der Waals surface area contributed by atoms with Gasteiger partial charge < -0.3 is 5.32 Å². The van der Waals surface area contributed by atoms with Crippen LogP contribution in [-0.2, 0) is 19.4 Å². The third kappa shape index (κ3) is 5.25. The van der Waals surface area contributed by atoms with Gasteiger partial charge in [0, 0.05) is 17.8 Å². The molecule has 0 fully saturated rings. The van der Waals surface area contributed by atoms with Crippen LogP contribution in [0.4, 0.5) is 0 Å². The van der Waals surface area contributed by atoms with Crippen LogP contribution in [0.3, 0.4) is 0 Å². The fourth-order valence-electron chi connectivity index (χ4n) is 2.36. The van der Waals surface area contributed by atoms with E-state index in [0.717, 1.165) is 32.4 Å². The average molecular weight is 302 g/mol. The third-order valence-electron chi connectivity index (χ3n) is 3.50. The molecule has 0 saturated heterocycles. The summed E-state index contributed by atoms with van der Waals surface area (Å²) in [6.07, 6.45) is 5.71. The Labute approximate surface area is 132 Å². The number of hydrogen-bond acceptors (Lipinski definition) is 3. The van der Waals surface area contributed by atoms with Crippen LogP contribution in [0.25, 0.3) is 0 Å². The maximum atomic E-state index is 4.87. The van der Waals surface area contributed by atoms with Crippen LogP contribution in [0.15, 0.2) is 30.3 Å². The summed E-state index contributed by atoms with van der Waals surface area (Å²) < 4.78 is 0. The highest BCUT2D eigenvalue weighted by Crippen LogP contribution is 2.22. The van der Waals surface area contributed by atoms with Crippen molar-refractivity contribution in [2.45, 2.75) is 52.5 Å². The van der Waals surface area contributed by atoms with Gasteiger partial charge in [0.05, 0.1) is 10.7 Å². The van der Waals surface area contributed by atoms with Crippen LogP contribution in [0, 0.1) is 0 Å². The number of unbranched alkanes of at least 4 members (excludes halogenated alkanes) is 1. The molecule has 0 unspecified atom stereocenters. The van der Waals surface area contributed by atoms with E-state index >= 15 is 0 Å². The fraction of sp³-hybridized carbons (Fsp3) is 0.500. The van der Waals surface area contributed by atoms with Crippen molar-refractivity contribution >= 4 is 11.3 Å². The van der Waals surface area contributed by atoms with Gasteiger partial charge in [-0.1, -0.05) is 57.0 Å². The van der Waals surface area contributed by atoms with Gasteiger partial charge in [-0.2, -0.15) is 0 Å². The Morgan fingerprint density at radius 2 is 1.90 bits per heavy atom. The molecular formula is C18H26N2S. The molecule has 0 atom stereocenters. The molecule has 3 heteroatoms. The smallest absolute Gasteiger partial charge is 0.0975 e. The Kier molecular flexibility index (Phi) is 6.90. The van der Waals surface area contributed by atoms with Crippen LogP contribution in [0.5, 0.6) is 0 Å². The van der Waals surface area contributed by atoms with Crippen molar-refractivity contribution in [3.8, 4) is 0 Å². The van der Waals surface area contributed by atoms with Gasteiger partial charge >= 0.3 is 0 Å². The minimum absolute atomic E-state index is 0.956. The lowest BCUT2D eigenvalue weighted by molar-refractivity contribution is 0.641. The lowest BCUT2D eigenvalue weighted by atomic mass is 10.1. The summed E-state index contributed by atoms with van der Waals surface area (Å²) in [5.41, 5.74) is 2.65. The normalized spacial score (nSPS) is 11.0. The number of rotatable bonds is 9. The molecule has 21 heavy (non-hydrogen) atoms. The highest BCUT2D eigenvalue weighted by molar-refractivity contribution is 7.11. The van der Waals surface area contributed by atoms with Crippen molar-refractivity contribution in [2.75, 3.05) is 6.54 Å². The molecule has 0 bridgehead atoms. The first-order chi connectivity index (χ1) is 10.3. The second-order valence-electron chi connectivity index (χ2n) is 5.42. The van der Waals surface area contributed by atoms with E-state index in [1.165, 1.54) is 34.0 Å². The summed E-state index contributed by atoms with van der Waals surface area (Å²) in [4.78, 5) is 6.30. The number of benzene rings is 1. The molecule has 2 nitrogen and oxygen atoms in total. The van der Waals surface area contributed by atoms with Crippen LogP contribution in [0.2, 0.25) is 0 Å². The first-order valence-corrected chi connectivity index (χ1v) is 8.87. The van der Waals surface area contributed by atoms with Crippen molar-refractivity contribution in [3.63, 3.8) is 0 Å². The van der Waals surface area contributed by atoms with Gasteiger partial charge in [-0.25, -0.2) is 4.98 Å². The molecule has 0 aliphatic rings. The number of thiazole rings is 1. The van der Waals surface area contributed by atoms with E-state index in [4.69, 9.17) is 4.98 Å². The monoisotopic (exact) mass is 302 g/mol. The summed E-state index contributed by atoms with van der Waals surface area (Å²) in [6.45, 7) is 6.54. The van der Waals surface area contributed by atoms with Crippen LogP contribution in [0.1, 0.15) is 54.3 Å². The Morgan fingerprint density at radius 1 is 1.10 bits per heavy atom. The second kappa shape index (κ2) is 8.96. The van der Waals surface area contributed by atoms with E-state index in [2.05, 4.69) is 49.5 Å². The minimum atomic E-state index is 0.956. The summed E-state index contributed by atoms with van der Waals surface area (Å²) in [5, 5.41) is 4.80. The molecule has 0 saturated carbocycles. The average Bonchev–Trinajstić information content (AvgIpc) is 2.87. The van der Waals surface area contributed by atoms with E-state index in [1.54, 1.807) is 0 Å². The largest absolute Gasteiger partial charge is 0.312 e. The lowest BCUT2D eigenvalue weighted by Crippen LogP contribution is -2.14. The Bertz CT molecular complexity index is 519. The third-order valence-corrected chi connectivity index (χ3v) is 4.60. The summed E-state index contributed by atoms with van der Waals surface area (Å²) in [5.74, 6) is 0. The summed E-state index contributed by atoms with van der Waals surface area (Å²) >= 11 is 1.88. The van der Waals surface area contributed by atoms with E-state index in [-0.39, 0.29) is 0 Å². The molecule has 1 heterocycles. The standard InChI is InChI=1S/C18H26N2S/c1-3-5-12-19-14-17-16(9-4-2)20-18(21-17)13-15-10-7-6-8-11-15/h6-8,10-11,19H,3-5,9,12-14H2,1-2H3. The SMILES string of the molecule is CCCCNCc1sc(Cc2ccccc2)nc1CCC. The number of aromatic nitrogens is 1. The van der Waals surface area contributed by atoms with Gasteiger partial charge in [-0.3, -0.25) is 0 Å². The molecule has 2 rings (SSSR count). The first-order valence-electron chi connectivity index (χ1n) is 8.05. The topological polar surface area (TPSA) is 24.9 Å². The van der Waals surface area contributed by atoms with Crippen molar-refractivity contribution in [1.82, 2.24) is 10.3 Å². The first kappa shape index (κ1) is 16.2. The van der Waals surface area contributed by atoms with Crippen molar-refractivity contribution in [2.24, 2.45) is 0 Å². The molecular weight excluding hydrogens is 276 g/mol. The lowest BCUT2D eigenvalue weighted by Gasteiger charge is -2.03. The molecule has 1 aromatic heterocycles. The van der Waals surface area contributed by atoms with Gasteiger partial charge in [-0.15, -0.1) is 11.3 Å². The Hall–Kier alpha value is -1.19. The minimum Gasteiger partial charge on any atom is -0.312 e. The van der Waals surface area contributed by atoms with E-state index in [9.17, 15) is 0 Å². The highest BCUT2D eigenvalue weighted by atomic mass is 32.1. The molecule has 114 valence electrons. The predicted octanol–water partition coefficient (Wildman–Crippen LogP) is 4.58. The second-order valence-corrected chi connectivity index (χ2v) is 6.59. The maximum Gasteiger partial charge on any atom is 0.0975 e. The molecule has 0 amide bonds. The molecule has 0 radical (unpaired) electrons. The summed E-state index contributed by atoms with van der Waals surface area (Å²) in [6, 6.07) is 10.6. The van der Waals surface area contributed by atoms with Crippen molar-refractivity contribution in [1.29, 1.82) is 0 Å². The molecule has 1 N–H and O–H groups in total. The zero-order chi connectivity index (χ0) is 14.9. The quantitative estimate of drug-likeness (QED) is 0.686. The number of nitrogens with zero attached hydrogens (tertiary/aromatic N) is 1. The van der Waals surface area contributed by atoms with Gasteiger partial charge in [0.25, 0.3) is 0 Å². The van der Waals surface area contributed by atoms with Crippen molar-refractivity contribution in [3.05, 3.63) is 51.5 Å². The highest BCUT2D eigenvalue weighted by Gasteiger charge is 2.10. The van der Waals surface area contributed by atoms with Crippen molar-refractivity contribution < 1.29 is 0 Å². The number of aryl methyl sites for hydroxylation is 1. The molecule has 0 aliphatic carbocycles. The molecule has 1 aromatic carbocycles. The van der Waals surface area contributed by atoms with E-state index < -0.39 is 0 Å². The van der Waals surface area contributed by atoms with Gasteiger partial charge in [-0.05, 0) is 24.9 Å². The van der Waals surface area contributed by atoms with Crippen LogP contribution < -0.4 is 5.32 Å². The Morgan fingerprint density at radius 3 is 2.62 bits per heavy atom. The molecule has 0 aliphatic heterocycles. The zero-order valence-corrected chi connectivity index (χ0v) is 14.0. The van der Waals surface area contributed by atoms with E-state index in [0.29, 0.717) is 0 Å². The Balaban J connectivity index is 2.01. The maximum absolute atomic E-state index is 4.87. The van der Waals surface area contributed by atoms with Gasteiger partial charge in [0.15, 0.2) is 0 Å². The molecule has 2 aromatic rings. The van der Waals surface area contributed by atoms with Gasteiger partial charge in [0.2, 0.25) is 0 Å². The molecule has 0 spiro atoms.